The number of nitrogens with zero attached hydrogens (tertiary/aromatic N) is 2. The Morgan fingerprint density at radius 2 is 2.17 bits per heavy atom. The Bertz CT molecular complexity index is 706. The fourth-order valence-electron chi connectivity index (χ4n) is 2.48. The van der Waals surface area contributed by atoms with Crippen LogP contribution in [-0.4, -0.2) is 22.2 Å². The molecule has 1 fully saturated rings. The minimum Gasteiger partial charge on any atom is -0.336 e. The van der Waals surface area contributed by atoms with Crippen molar-refractivity contribution in [2.75, 3.05) is 5.32 Å². The molecule has 23 heavy (non-hydrogen) atoms. The molecule has 2 aromatic rings. The van der Waals surface area contributed by atoms with Crippen molar-refractivity contribution >= 4 is 11.7 Å². The first-order valence-electron chi connectivity index (χ1n) is 7.77. The molecule has 1 aliphatic rings. The smallest absolute Gasteiger partial charge is 0.319 e. The standard InChI is InChI=1S/C16H21N5O2/c1-10(2)18-15(22)19-12-6-3-5-11(9-12)13-20-14(21-23-13)16(17)7-4-8-16/h3,5-6,9-10H,4,7-8,17H2,1-2H3,(H2,18,19,22). The maximum absolute atomic E-state index is 11.8. The monoisotopic (exact) mass is 315 g/mol. The summed E-state index contributed by atoms with van der Waals surface area (Å²) in [5.74, 6) is 0.958. The number of urea groups is 1. The Morgan fingerprint density at radius 3 is 2.83 bits per heavy atom. The predicted octanol–water partition coefficient (Wildman–Crippen LogP) is 2.60. The first-order chi connectivity index (χ1) is 11.0. The van der Waals surface area contributed by atoms with Crippen molar-refractivity contribution in [2.24, 2.45) is 5.73 Å². The molecule has 0 unspecified atom stereocenters. The average Bonchev–Trinajstić information content (AvgIpc) is 2.94. The van der Waals surface area contributed by atoms with Crippen molar-refractivity contribution in [3.8, 4) is 11.5 Å². The number of hydrogen-bond donors (Lipinski definition) is 3. The highest BCUT2D eigenvalue weighted by Gasteiger charge is 2.39. The van der Waals surface area contributed by atoms with Crippen molar-refractivity contribution in [2.45, 2.75) is 44.7 Å². The first kappa shape index (κ1) is 15.5. The molecule has 0 saturated heterocycles. The van der Waals surface area contributed by atoms with Gasteiger partial charge in [-0.25, -0.2) is 4.79 Å². The summed E-state index contributed by atoms with van der Waals surface area (Å²) in [7, 11) is 0. The Hall–Kier alpha value is -2.41. The Kier molecular flexibility index (Phi) is 4.04. The third kappa shape index (κ3) is 3.34. The number of carbonyl (C=O) groups is 1. The summed E-state index contributed by atoms with van der Waals surface area (Å²) in [5, 5.41) is 9.56. The summed E-state index contributed by atoms with van der Waals surface area (Å²) in [6.07, 6.45) is 2.84. The lowest BCUT2D eigenvalue weighted by atomic mass is 9.77. The minimum absolute atomic E-state index is 0.0694. The fourth-order valence-corrected chi connectivity index (χ4v) is 2.48. The summed E-state index contributed by atoms with van der Waals surface area (Å²) in [4.78, 5) is 16.2. The predicted molar refractivity (Wildman–Crippen MR) is 86.7 cm³/mol. The normalized spacial score (nSPS) is 16.0. The lowest BCUT2D eigenvalue weighted by Crippen LogP contribution is -2.44. The van der Waals surface area contributed by atoms with E-state index in [1.165, 1.54) is 0 Å². The average molecular weight is 315 g/mol. The van der Waals surface area contributed by atoms with Crippen LogP contribution in [0.1, 0.15) is 38.9 Å². The number of benzene rings is 1. The number of aromatic nitrogens is 2. The van der Waals surface area contributed by atoms with Gasteiger partial charge in [-0.3, -0.25) is 0 Å². The summed E-state index contributed by atoms with van der Waals surface area (Å²) in [6.45, 7) is 3.80. The van der Waals surface area contributed by atoms with Crippen LogP contribution >= 0.6 is 0 Å². The van der Waals surface area contributed by atoms with Crippen LogP contribution in [0.4, 0.5) is 10.5 Å². The molecule has 2 amide bonds. The highest BCUT2D eigenvalue weighted by atomic mass is 16.5. The highest BCUT2D eigenvalue weighted by Crippen LogP contribution is 2.37. The van der Waals surface area contributed by atoms with E-state index in [0.29, 0.717) is 17.4 Å². The van der Waals surface area contributed by atoms with Gasteiger partial charge in [-0.1, -0.05) is 11.2 Å². The van der Waals surface area contributed by atoms with Gasteiger partial charge in [0.15, 0.2) is 5.82 Å². The minimum atomic E-state index is -0.450. The molecule has 122 valence electrons. The molecule has 0 radical (unpaired) electrons. The summed E-state index contributed by atoms with van der Waals surface area (Å²) >= 11 is 0. The van der Waals surface area contributed by atoms with Crippen LogP contribution in [0.15, 0.2) is 28.8 Å². The van der Waals surface area contributed by atoms with Crippen molar-refractivity contribution in [3.05, 3.63) is 30.1 Å². The Labute approximate surface area is 134 Å². The molecule has 0 aliphatic heterocycles. The molecule has 4 N–H and O–H groups in total. The first-order valence-corrected chi connectivity index (χ1v) is 7.77. The number of hydrogen-bond acceptors (Lipinski definition) is 5. The third-order valence-corrected chi connectivity index (χ3v) is 3.90. The lowest BCUT2D eigenvalue weighted by molar-refractivity contribution is 0.229. The van der Waals surface area contributed by atoms with Gasteiger partial charge in [-0.2, -0.15) is 4.98 Å². The topological polar surface area (TPSA) is 106 Å². The van der Waals surface area contributed by atoms with Gasteiger partial charge in [-0.05, 0) is 51.3 Å². The molecule has 1 aromatic heterocycles. The van der Waals surface area contributed by atoms with E-state index in [1.807, 2.05) is 26.0 Å². The molecule has 7 heteroatoms. The number of rotatable bonds is 4. The van der Waals surface area contributed by atoms with E-state index in [1.54, 1.807) is 12.1 Å². The van der Waals surface area contributed by atoms with Crippen LogP contribution in [0.3, 0.4) is 0 Å². The van der Waals surface area contributed by atoms with E-state index < -0.39 is 5.54 Å². The summed E-state index contributed by atoms with van der Waals surface area (Å²) in [5.41, 5.74) is 7.16. The highest BCUT2D eigenvalue weighted by molar-refractivity contribution is 5.90. The number of anilines is 1. The quantitative estimate of drug-likeness (QED) is 0.804. The van der Waals surface area contributed by atoms with Gasteiger partial charge in [0, 0.05) is 17.3 Å². The van der Waals surface area contributed by atoms with Crippen LogP contribution in [0, 0.1) is 0 Å². The van der Waals surface area contributed by atoms with Crippen LogP contribution in [-0.2, 0) is 5.54 Å². The summed E-state index contributed by atoms with van der Waals surface area (Å²) < 4.78 is 5.33. The Morgan fingerprint density at radius 1 is 1.39 bits per heavy atom. The largest absolute Gasteiger partial charge is 0.336 e. The van der Waals surface area contributed by atoms with Gasteiger partial charge in [0.1, 0.15) is 0 Å². The number of carbonyl (C=O) groups excluding carboxylic acids is 1. The van der Waals surface area contributed by atoms with E-state index in [9.17, 15) is 4.79 Å². The van der Waals surface area contributed by atoms with Crippen LogP contribution < -0.4 is 16.4 Å². The zero-order valence-electron chi connectivity index (χ0n) is 13.3. The van der Waals surface area contributed by atoms with Crippen LogP contribution in [0.25, 0.3) is 11.5 Å². The summed E-state index contributed by atoms with van der Waals surface area (Å²) in [6, 6.07) is 7.09. The van der Waals surface area contributed by atoms with Crippen molar-refractivity contribution in [1.82, 2.24) is 15.5 Å². The van der Waals surface area contributed by atoms with Crippen LogP contribution in [0.5, 0.6) is 0 Å². The van der Waals surface area contributed by atoms with E-state index in [-0.39, 0.29) is 12.1 Å². The molecular weight excluding hydrogens is 294 g/mol. The van der Waals surface area contributed by atoms with E-state index >= 15 is 0 Å². The van der Waals surface area contributed by atoms with Crippen molar-refractivity contribution < 1.29 is 9.32 Å². The van der Waals surface area contributed by atoms with Crippen molar-refractivity contribution in [3.63, 3.8) is 0 Å². The van der Waals surface area contributed by atoms with Crippen molar-refractivity contribution in [1.29, 1.82) is 0 Å². The SMILES string of the molecule is CC(C)NC(=O)Nc1cccc(-c2nc(C3(N)CCC3)no2)c1. The molecule has 1 aliphatic carbocycles. The lowest BCUT2D eigenvalue weighted by Gasteiger charge is -2.34. The Balaban J connectivity index is 1.76. The zero-order chi connectivity index (χ0) is 16.4. The van der Waals surface area contributed by atoms with Gasteiger partial charge in [0.2, 0.25) is 0 Å². The molecule has 0 bridgehead atoms. The molecule has 1 saturated carbocycles. The molecule has 1 heterocycles. The van der Waals surface area contributed by atoms with Gasteiger partial charge >= 0.3 is 6.03 Å². The molecule has 1 aromatic carbocycles. The van der Waals surface area contributed by atoms with E-state index in [4.69, 9.17) is 10.3 Å². The molecule has 3 rings (SSSR count). The number of amides is 2. The maximum atomic E-state index is 11.8. The second-order valence-corrected chi connectivity index (χ2v) is 6.27. The van der Waals surface area contributed by atoms with Gasteiger partial charge in [0.05, 0.1) is 5.54 Å². The van der Waals surface area contributed by atoms with E-state index in [2.05, 4.69) is 20.8 Å². The third-order valence-electron chi connectivity index (χ3n) is 3.90. The molecule has 0 spiro atoms. The van der Waals surface area contributed by atoms with Crippen LogP contribution in [0.2, 0.25) is 0 Å². The second kappa shape index (κ2) is 6.00. The van der Waals surface area contributed by atoms with Gasteiger partial charge in [-0.15, -0.1) is 0 Å². The van der Waals surface area contributed by atoms with Gasteiger partial charge < -0.3 is 20.9 Å². The molecular formula is C16H21N5O2. The second-order valence-electron chi connectivity index (χ2n) is 6.27. The number of nitrogens with two attached hydrogens (primary N) is 1. The fraction of sp³-hybridized carbons (Fsp3) is 0.438. The van der Waals surface area contributed by atoms with E-state index in [0.717, 1.165) is 24.8 Å². The van der Waals surface area contributed by atoms with Gasteiger partial charge in [0.25, 0.3) is 5.89 Å². The molecule has 0 atom stereocenters. The number of nitrogens with one attached hydrogen (secondary N) is 2. The zero-order valence-corrected chi connectivity index (χ0v) is 13.3. The molecule has 7 nitrogen and oxygen atoms in total. The maximum Gasteiger partial charge on any atom is 0.319 e.